The summed E-state index contributed by atoms with van der Waals surface area (Å²) in [6.45, 7) is 1.87. The molecule has 2 bridgehead atoms. The highest BCUT2D eigenvalue weighted by atomic mass is 32.2. The molecular formula is C14H17NO5S. The van der Waals surface area contributed by atoms with E-state index in [1.807, 2.05) is 6.92 Å². The molecule has 0 saturated heterocycles. The van der Waals surface area contributed by atoms with Crippen molar-refractivity contribution in [3.05, 3.63) is 39.9 Å². The molecule has 2 fully saturated rings. The second-order valence-corrected chi connectivity index (χ2v) is 7.56. The molecule has 0 radical (unpaired) electrons. The minimum absolute atomic E-state index is 0.105. The second-order valence-electron chi connectivity index (χ2n) is 5.99. The van der Waals surface area contributed by atoms with Gasteiger partial charge in [-0.1, -0.05) is 17.7 Å². The molecule has 1 aromatic rings. The maximum atomic E-state index is 12.3. The van der Waals surface area contributed by atoms with Crippen LogP contribution < -0.4 is 0 Å². The monoisotopic (exact) mass is 311 g/mol. The molecule has 0 amide bonds. The minimum atomic E-state index is -3.85. The van der Waals surface area contributed by atoms with E-state index in [-0.39, 0.29) is 21.7 Å². The smallest absolute Gasteiger partial charge is 0.264 e. The molecular weight excluding hydrogens is 294 g/mol. The lowest BCUT2D eigenvalue weighted by Gasteiger charge is -2.24. The second kappa shape index (κ2) is 5.06. The third kappa shape index (κ3) is 2.67. The third-order valence-corrected chi connectivity index (χ3v) is 5.90. The quantitative estimate of drug-likeness (QED) is 0.483. The van der Waals surface area contributed by atoms with Gasteiger partial charge >= 0.3 is 0 Å². The fraction of sp³-hybridized carbons (Fsp3) is 0.571. The Morgan fingerprint density at radius 3 is 2.43 bits per heavy atom. The van der Waals surface area contributed by atoms with E-state index in [2.05, 4.69) is 0 Å². The lowest BCUT2D eigenvalue weighted by molar-refractivity contribution is -0.532. The van der Waals surface area contributed by atoms with Crippen molar-refractivity contribution in [2.24, 2.45) is 11.8 Å². The highest BCUT2D eigenvalue weighted by Gasteiger charge is 2.54. The fourth-order valence-electron chi connectivity index (χ4n) is 3.53. The summed E-state index contributed by atoms with van der Waals surface area (Å²) in [6.07, 6.45) is 1.27. The molecule has 7 heteroatoms. The molecule has 0 aliphatic heterocycles. The van der Waals surface area contributed by atoms with Crippen molar-refractivity contribution in [2.45, 2.75) is 43.2 Å². The van der Waals surface area contributed by atoms with Crippen molar-refractivity contribution in [1.29, 1.82) is 0 Å². The Morgan fingerprint density at radius 2 is 1.86 bits per heavy atom. The van der Waals surface area contributed by atoms with Gasteiger partial charge in [-0.15, -0.1) is 0 Å². The van der Waals surface area contributed by atoms with Gasteiger partial charge < -0.3 is 0 Å². The van der Waals surface area contributed by atoms with Gasteiger partial charge in [0, 0.05) is 11.3 Å². The van der Waals surface area contributed by atoms with Gasteiger partial charge in [-0.3, -0.25) is 14.3 Å². The predicted molar refractivity (Wildman–Crippen MR) is 74.9 cm³/mol. The molecule has 0 unspecified atom stereocenters. The summed E-state index contributed by atoms with van der Waals surface area (Å²) in [5.74, 6) is -0.0751. The Hall–Kier alpha value is -1.47. The Bertz CT molecular complexity index is 654. The number of hydrogen-bond acceptors (Lipinski definition) is 5. The van der Waals surface area contributed by atoms with Crippen molar-refractivity contribution in [2.75, 3.05) is 0 Å². The molecule has 0 spiro atoms. The molecule has 4 atom stereocenters. The molecule has 2 aliphatic carbocycles. The van der Waals surface area contributed by atoms with Crippen LogP contribution in [-0.4, -0.2) is 25.5 Å². The van der Waals surface area contributed by atoms with Crippen molar-refractivity contribution in [3.8, 4) is 0 Å². The number of aryl methyl sites for hydroxylation is 1. The van der Waals surface area contributed by atoms with Crippen molar-refractivity contribution < 1.29 is 17.5 Å². The normalized spacial score (nSPS) is 31.5. The van der Waals surface area contributed by atoms with Crippen LogP contribution in [0.5, 0.6) is 0 Å². The highest BCUT2D eigenvalue weighted by Crippen LogP contribution is 2.47. The zero-order chi connectivity index (χ0) is 15.2. The van der Waals surface area contributed by atoms with E-state index in [0.717, 1.165) is 5.56 Å². The molecule has 0 heterocycles. The maximum absolute atomic E-state index is 12.3. The zero-order valence-corrected chi connectivity index (χ0v) is 12.5. The third-order valence-electron chi connectivity index (χ3n) is 4.55. The molecule has 3 rings (SSSR count). The average molecular weight is 311 g/mol. The number of hydrogen-bond donors (Lipinski definition) is 0. The van der Waals surface area contributed by atoms with Crippen LogP contribution in [0.1, 0.15) is 24.8 Å². The van der Waals surface area contributed by atoms with Gasteiger partial charge in [-0.05, 0) is 37.8 Å². The molecule has 0 N–H and O–H groups in total. The van der Waals surface area contributed by atoms with Crippen LogP contribution >= 0.6 is 0 Å². The predicted octanol–water partition coefficient (Wildman–Crippen LogP) is 2.14. The SMILES string of the molecule is Cc1ccc(S(=O)(=O)O[C@@H]2C[C@H]3C[C@H]2[C@H]([N+](=O)[O-])C3)cc1. The summed E-state index contributed by atoms with van der Waals surface area (Å²) in [7, 11) is -3.85. The Kier molecular flexibility index (Phi) is 3.49. The largest absolute Gasteiger partial charge is 0.297 e. The topological polar surface area (TPSA) is 86.5 Å². The first-order valence-electron chi connectivity index (χ1n) is 7.00. The Balaban J connectivity index is 1.77. The molecule has 2 saturated carbocycles. The standard InChI is InChI=1S/C14H17NO5S/c1-9-2-4-11(5-3-9)21(18,19)20-14-8-10-6-12(14)13(7-10)15(16)17/h2-5,10,12-14H,6-8H2,1H3/t10-,12-,13+,14+/m0/s1. The van der Waals surface area contributed by atoms with Crippen molar-refractivity contribution >= 4 is 10.1 Å². The maximum Gasteiger partial charge on any atom is 0.297 e. The number of nitrogens with zero attached hydrogens (tertiary/aromatic N) is 1. The van der Waals surface area contributed by atoms with Gasteiger partial charge in [0.25, 0.3) is 10.1 Å². The van der Waals surface area contributed by atoms with E-state index in [0.29, 0.717) is 19.3 Å². The number of fused-ring (bicyclic) bond motifs is 2. The van der Waals surface area contributed by atoms with Gasteiger partial charge in [0.05, 0.1) is 16.9 Å². The molecule has 1 aromatic carbocycles. The van der Waals surface area contributed by atoms with Crippen LogP contribution in [0.2, 0.25) is 0 Å². The lowest BCUT2D eigenvalue weighted by atomic mass is 9.93. The van der Waals surface area contributed by atoms with E-state index in [1.165, 1.54) is 12.1 Å². The molecule has 114 valence electrons. The number of benzene rings is 1. The van der Waals surface area contributed by atoms with Crippen LogP contribution in [0.15, 0.2) is 29.2 Å². The number of rotatable bonds is 4. The first-order valence-corrected chi connectivity index (χ1v) is 8.41. The van der Waals surface area contributed by atoms with Crippen LogP contribution in [-0.2, 0) is 14.3 Å². The summed E-state index contributed by atoms with van der Waals surface area (Å²) in [6, 6.07) is 5.75. The molecule has 0 aromatic heterocycles. The van der Waals surface area contributed by atoms with Gasteiger partial charge in [0.15, 0.2) is 0 Å². The van der Waals surface area contributed by atoms with E-state index in [1.54, 1.807) is 12.1 Å². The van der Waals surface area contributed by atoms with Crippen molar-refractivity contribution in [1.82, 2.24) is 0 Å². The molecule has 6 nitrogen and oxygen atoms in total. The van der Waals surface area contributed by atoms with Gasteiger partial charge in [0.2, 0.25) is 6.04 Å². The van der Waals surface area contributed by atoms with Crippen molar-refractivity contribution in [3.63, 3.8) is 0 Å². The summed E-state index contributed by atoms with van der Waals surface area (Å²) in [5, 5.41) is 11.0. The first kappa shape index (κ1) is 14.5. The Morgan fingerprint density at radius 1 is 1.19 bits per heavy atom. The van der Waals surface area contributed by atoms with Crippen LogP contribution in [0, 0.1) is 28.9 Å². The van der Waals surface area contributed by atoms with Gasteiger partial charge in [-0.2, -0.15) is 8.42 Å². The Labute approximate surface area is 123 Å². The van der Waals surface area contributed by atoms with E-state index < -0.39 is 22.3 Å². The summed E-state index contributed by atoms with van der Waals surface area (Å²) in [5.41, 5.74) is 0.960. The summed E-state index contributed by atoms with van der Waals surface area (Å²) in [4.78, 5) is 10.8. The van der Waals surface area contributed by atoms with Gasteiger partial charge in [-0.25, -0.2) is 0 Å². The summed E-state index contributed by atoms with van der Waals surface area (Å²) < 4.78 is 29.8. The zero-order valence-electron chi connectivity index (χ0n) is 11.6. The minimum Gasteiger partial charge on any atom is -0.264 e. The van der Waals surface area contributed by atoms with Crippen LogP contribution in [0.3, 0.4) is 0 Å². The number of nitro groups is 1. The molecule has 2 aliphatic rings. The lowest BCUT2D eigenvalue weighted by Crippen LogP contribution is -2.37. The van der Waals surface area contributed by atoms with Crippen LogP contribution in [0.25, 0.3) is 0 Å². The fourth-order valence-corrected chi connectivity index (χ4v) is 4.65. The average Bonchev–Trinajstić information content (AvgIpc) is 2.98. The highest BCUT2D eigenvalue weighted by molar-refractivity contribution is 7.86. The summed E-state index contributed by atoms with van der Waals surface area (Å²) >= 11 is 0. The first-order chi connectivity index (χ1) is 9.87. The van der Waals surface area contributed by atoms with Gasteiger partial charge in [0.1, 0.15) is 0 Å². The van der Waals surface area contributed by atoms with E-state index in [4.69, 9.17) is 4.18 Å². The van der Waals surface area contributed by atoms with E-state index in [9.17, 15) is 18.5 Å². The van der Waals surface area contributed by atoms with Crippen LogP contribution in [0.4, 0.5) is 0 Å². The van der Waals surface area contributed by atoms with E-state index >= 15 is 0 Å². The molecule has 21 heavy (non-hydrogen) atoms.